The normalized spacial score (nSPS) is 14.7. The Bertz CT molecular complexity index is 1170. The topological polar surface area (TPSA) is 75.7 Å². The molecule has 6 nitrogen and oxygen atoms in total. The predicted molar refractivity (Wildman–Crippen MR) is 117 cm³/mol. The molecule has 1 aliphatic heterocycles. The second-order valence-electron chi connectivity index (χ2n) is 6.94. The van der Waals surface area contributed by atoms with Crippen LogP contribution in [0.4, 0.5) is 0 Å². The molecular weight excluding hydrogens is 380 g/mol. The highest BCUT2D eigenvalue weighted by atomic mass is 16.5. The molecule has 0 spiro atoms. The van der Waals surface area contributed by atoms with Crippen LogP contribution in [0.25, 0.3) is 22.7 Å². The van der Waals surface area contributed by atoms with Gasteiger partial charge in [-0.15, -0.1) is 0 Å². The quantitative estimate of drug-likeness (QED) is 0.651. The number of carbonyl (C=O) groups excluding carboxylic acids is 1. The predicted octanol–water partition coefficient (Wildman–Crippen LogP) is 3.99. The minimum atomic E-state index is -0.418. The Kier molecular flexibility index (Phi) is 5.23. The van der Waals surface area contributed by atoms with E-state index in [4.69, 9.17) is 19.9 Å². The van der Waals surface area contributed by atoms with Gasteiger partial charge in [0, 0.05) is 11.9 Å². The van der Waals surface area contributed by atoms with Gasteiger partial charge < -0.3 is 24.5 Å². The molecule has 0 bridgehead atoms. The molecule has 1 aliphatic rings. The Morgan fingerprint density at radius 2 is 1.90 bits per heavy atom. The van der Waals surface area contributed by atoms with Crippen LogP contribution >= 0.6 is 0 Å². The van der Waals surface area contributed by atoms with Crippen molar-refractivity contribution >= 4 is 28.6 Å². The van der Waals surface area contributed by atoms with Gasteiger partial charge in [-0.3, -0.25) is 0 Å². The summed E-state index contributed by atoms with van der Waals surface area (Å²) in [5, 5.41) is 0.874. The van der Waals surface area contributed by atoms with Crippen molar-refractivity contribution in [3.63, 3.8) is 0 Å². The number of nitrogens with two attached hydrogens (primary N) is 1. The third kappa shape index (κ3) is 3.20. The SMILES string of the molecule is CCOC(=O)C1=C(N)c2cc3c(OC)c(OC)ccc3n2C/C1=C\c1ccccc1. The fourth-order valence-corrected chi connectivity index (χ4v) is 3.92. The number of nitrogens with zero attached hydrogens (tertiary/aromatic N) is 1. The van der Waals surface area contributed by atoms with Crippen molar-refractivity contribution in [3.8, 4) is 11.5 Å². The molecule has 30 heavy (non-hydrogen) atoms. The molecule has 154 valence electrons. The van der Waals surface area contributed by atoms with Gasteiger partial charge in [-0.1, -0.05) is 30.3 Å². The Morgan fingerprint density at radius 1 is 1.13 bits per heavy atom. The van der Waals surface area contributed by atoms with Crippen molar-refractivity contribution in [3.05, 3.63) is 70.9 Å². The lowest BCUT2D eigenvalue weighted by molar-refractivity contribution is -0.138. The zero-order valence-electron chi connectivity index (χ0n) is 17.3. The Hall–Kier alpha value is -3.67. The molecule has 0 aliphatic carbocycles. The molecule has 0 radical (unpaired) electrons. The molecule has 6 heteroatoms. The first-order valence-electron chi connectivity index (χ1n) is 9.76. The summed E-state index contributed by atoms with van der Waals surface area (Å²) in [6, 6.07) is 15.6. The zero-order valence-corrected chi connectivity index (χ0v) is 17.3. The molecule has 2 heterocycles. The number of methoxy groups -OCH3 is 2. The molecular formula is C24H24N2O4. The first-order valence-corrected chi connectivity index (χ1v) is 9.76. The maximum atomic E-state index is 12.8. The van der Waals surface area contributed by atoms with E-state index < -0.39 is 5.97 Å². The van der Waals surface area contributed by atoms with Crippen LogP contribution in [-0.2, 0) is 16.1 Å². The number of rotatable bonds is 5. The lowest BCUT2D eigenvalue weighted by Gasteiger charge is -2.23. The lowest BCUT2D eigenvalue weighted by Crippen LogP contribution is -2.23. The first-order chi connectivity index (χ1) is 14.6. The van der Waals surface area contributed by atoms with Crippen molar-refractivity contribution in [2.45, 2.75) is 13.5 Å². The van der Waals surface area contributed by atoms with Gasteiger partial charge in [0.05, 0.1) is 43.3 Å². The number of ether oxygens (including phenoxy) is 3. The second-order valence-corrected chi connectivity index (χ2v) is 6.94. The summed E-state index contributed by atoms with van der Waals surface area (Å²) in [5.74, 6) is 0.857. The number of hydrogen-bond acceptors (Lipinski definition) is 5. The van der Waals surface area contributed by atoms with Gasteiger partial charge >= 0.3 is 5.97 Å². The third-order valence-electron chi connectivity index (χ3n) is 5.24. The third-order valence-corrected chi connectivity index (χ3v) is 5.24. The molecule has 3 aromatic rings. The van der Waals surface area contributed by atoms with Crippen LogP contribution in [0, 0.1) is 0 Å². The van der Waals surface area contributed by atoms with Gasteiger partial charge in [0.25, 0.3) is 0 Å². The van der Waals surface area contributed by atoms with Crippen LogP contribution in [0.3, 0.4) is 0 Å². The number of carbonyl (C=O) groups is 1. The van der Waals surface area contributed by atoms with Gasteiger partial charge in [0.2, 0.25) is 0 Å². The summed E-state index contributed by atoms with van der Waals surface area (Å²) in [4.78, 5) is 12.8. The Morgan fingerprint density at radius 3 is 2.57 bits per heavy atom. The second kappa shape index (κ2) is 7.99. The van der Waals surface area contributed by atoms with E-state index in [0.29, 0.717) is 29.3 Å². The number of hydrogen-bond donors (Lipinski definition) is 1. The summed E-state index contributed by atoms with van der Waals surface area (Å²) in [7, 11) is 3.21. The van der Waals surface area contributed by atoms with Crippen molar-refractivity contribution < 1.29 is 19.0 Å². The van der Waals surface area contributed by atoms with E-state index in [9.17, 15) is 4.79 Å². The minimum Gasteiger partial charge on any atom is -0.493 e. The summed E-state index contributed by atoms with van der Waals surface area (Å²) in [6.45, 7) is 2.55. The van der Waals surface area contributed by atoms with Crippen LogP contribution in [0.1, 0.15) is 18.2 Å². The van der Waals surface area contributed by atoms with Gasteiger partial charge in [-0.05, 0) is 42.3 Å². The van der Waals surface area contributed by atoms with Crippen LogP contribution in [0.15, 0.2) is 59.7 Å². The summed E-state index contributed by atoms with van der Waals surface area (Å²) in [6.07, 6.45) is 1.98. The molecule has 1 aromatic heterocycles. The molecule has 2 N–H and O–H groups in total. The molecule has 2 aromatic carbocycles. The summed E-state index contributed by atoms with van der Waals surface area (Å²) in [5.41, 5.74) is 10.8. The van der Waals surface area contributed by atoms with Gasteiger partial charge in [0.1, 0.15) is 0 Å². The maximum absolute atomic E-state index is 12.8. The monoisotopic (exact) mass is 404 g/mol. The van der Waals surface area contributed by atoms with Crippen molar-refractivity contribution in [2.75, 3.05) is 20.8 Å². The number of fused-ring (bicyclic) bond motifs is 3. The highest BCUT2D eigenvalue weighted by molar-refractivity contribution is 6.05. The minimum absolute atomic E-state index is 0.280. The van der Waals surface area contributed by atoms with E-state index in [2.05, 4.69) is 4.57 Å². The van der Waals surface area contributed by atoms with Crippen molar-refractivity contribution in [2.24, 2.45) is 5.73 Å². The Balaban J connectivity index is 1.96. The van der Waals surface area contributed by atoms with Crippen LogP contribution < -0.4 is 15.2 Å². The van der Waals surface area contributed by atoms with Gasteiger partial charge in [0.15, 0.2) is 11.5 Å². The molecule has 0 amide bonds. The molecule has 0 saturated heterocycles. The lowest BCUT2D eigenvalue weighted by atomic mass is 9.96. The highest BCUT2D eigenvalue weighted by Gasteiger charge is 2.29. The molecule has 0 saturated carbocycles. The first kappa shape index (κ1) is 19.6. The van der Waals surface area contributed by atoms with Gasteiger partial charge in [-0.2, -0.15) is 0 Å². The summed E-state index contributed by atoms with van der Waals surface area (Å²) < 4.78 is 18.4. The van der Waals surface area contributed by atoms with E-state index >= 15 is 0 Å². The average molecular weight is 404 g/mol. The van der Waals surface area contributed by atoms with E-state index in [0.717, 1.165) is 27.7 Å². The van der Waals surface area contributed by atoms with Crippen molar-refractivity contribution in [1.82, 2.24) is 4.57 Å². The number of aromatic nitrogens is 1. The van der Waals surface area contributed by atoms with Crippen LogP contribution in [0.2, 0.25) is 0 Å². The van der Waals surface area contributed by atoms with Crippen LogP contribution in [-0.4, -0.2) is 31.4 Å². The number of esters is 1. The summed E-state index contributed by atoms with van der Waals surface area (Å²) >= 11 is 0. The highest BCUT2D eigenvalue weighted by Crippen LogP contribution is 2.41. The Labute approximate surface area is 175 Å². The smallest absolute Gasteiger partial charge is 0.340 e. The van der Waals surface area contributed by atoms with E-state index in [-0.39, 0.29) is 6.61 Å². The number of benzene rings is 2. The van der Waals surface area contributed by atoms with Crippen molar-refractivity contribution in [1.29, 1.82) is 0 Å². The fourth-order valence-electron chi connectivity index (χ4n) is 3.92. The molecule has 0 fully saturated rings. The molecule has 0 atom stereocenters. The van der Waals surface area contributed by atoms with Crippen LogP contribution in [0.5, 0.6) is 11.5 Å². The largest absolute Gasteiger partial charge is 0.493 e. The fraction of sp³-hybridized carbons (Fsp3) is 0.208. The van der Waals surface area contributed by atoms with E-state index in [1.54, 1.807) is 21.1 Å². The van der Waals surface area contributed by atoms with E-state index in [1.807, 2.05) is 54.6 Å². The zero-order chi connectivity index (χ0) is 21.3. The van der Waals surface area contributed by atoms with E-state index in [1.165, 1.54) is 0 Å². The maximum Gasteiger partial charge on any atom is 0.340 e. The standard InChI is InChI=1S/C24H24N2O4/c1-4-30-24(27)21-16(12-15-8-6-5-7-9-15)14-26-18-10-11-20(28-2)23(29-3)17(18)13-19(26)22(21)25/h5-13H,4,14,25H2,1-3H3/b16-12+. The van der Waals surface area contributed by atoms with Gasteiger partial charge in [-0.25, -0.2) is 4.79 Å². The average Bonchev–Trinajstić information content (AvgIpc) is 3.13. The molecule has 0 unspecified atom stereocenters. The molecule has 4 rings (SSSR count).